The quantitative estimate of drug-likeness (QED) is 0.817. The normalized spacial score (nSPS) is 14.0. The van der Waals surface area contributed by atoms with Crippen molar-refractivity contribution >= 4 is 35.0 Å². The fourth-order valence-electron chi connectivity index (χ4n) is 2.47. The summed E-state index contributed by atoms with van der Waals surface area (Å²) in [5.74, 6) is -0.274. The molecule has 1 saturated heterocycles. The number of carbonyl (C=O) groups is 2. The molecule has 0 saturated carbocycles. The van der Waals surface area contributed by atoms with E-state index in [1.165, 1.54) is 13.4 Å². The fraction of sp³-hybridized carbons (Fsp3) is 0.294. The van der Waals surface area contributed by atoms with Crippen LogP contribution in [0.2, 0.25) is 5.02 Å². The van der Waals surface area contributed by atoms with Crippen molar-refractivity contribution < 1.29 is 19.1 Å². The van der Waals surface area contributed by atoms with Crippen molar-refractivity contribution in [2.45, 2.75) is 0 Å². The molecule has 1 aliphatic heterocycles. The van der Waals surface area contributed by atoms with Gasteiger partial charge < -0.3 is 19.7 Å². The van der Waals surface area contributed by atoms with E-state index in [2.05, 4.69) is 15.3 Å². The molecule has 26 heavy (non-hydrogen) atoms. The molecule has 2 aromatic rings. The predicted molar refractivity (Wildman–Crippen MR) is 94.8 cm³/mol. The first kappa shape index (κ1) is 18.1. The minimum absolute atomic E-state index is 0.187. The van der Waals surface area contributed by atoms with Crippen LogP contribution in [0.5, 0.6) is 0 Å². The van der Waals surface area contributed by atoms with E-state index < -0.39 is 5.97 Å². The number of methoxy groups -OCH3 is 1. The molecule has 0 bridgehead atoms. The number of benzene rings is 1. The van der Waals surface area contributed by atoms with Crippen molar-refractivity contribution in [1.29, 1.82) is 0 Å². The summed E-state index contributed by atoms with van der Waals surface area (Å²) in [7, 11) is 1.30. The Morgan fingerprint density at radius 3 is 2.73 bits per heavy atom. The van der Waals surface area contributed by atoms with Gasteiger partial charge in [0.2, 0.25) is 0 Å². The van der Waals surface area contributed by atoms with Gasteiger partial charge in [0, 0.05) is 19.2 Å². The third-order valence-corrected chi connectivity index (χ3v) is 4.16. The second-order valence-corrected chi connectivity index (χ2v) is 5.91. The lowest BCUT2D eigenvalue weighted by atomic mass is 10.2. The topological polar surface area (TPSA) is 93.7 Å². The monoisotopic (exact) mass is 376 g/mol. The number of morpholine rings is 1. The molecule has 1 amide bonds. The molecule has 136 valence electrons. The van der Waals surface area contributed by atoms with E-state index in [0.717, 1.165) is 0 Å². The Labute approximate surface area is 155 Å². The standard InChI is InChI=1S/C17H17ClN4O4/c1-25-17(24)11-2-3-12(18)13(8-11)21-15-9-14(19-10-20-15)16(23)22-4-6-26-7-5-22/h2-3,8-10H,4-7H2,1H3,(H,19,20,21). The molecule has 3 rings (SSSR count). The van der Waals surface area contributed by atoms with E-state index in [1.807, 2.05) is 0 Å². The highest BCUT2D eigenvalue weighted by molar-refractivity contribution is 6.33. The molecule has 0 radical (unpaired) electrons. The molecule has 9 heteroatoms. The molecule has 1 N–H and O–H groups in total. The first-order valence-corrected chi connectivity index (χ1v) is 8.30. The van der Waals surface area contributed by atoms with Gasteiger partial charge in [0.15, 0.2) is 0 Å². The first-order valence-electron chi connectivity index (χ1n) is 7.92. The van der Waals surface area contributed by atoms with Gasteiger partial charge in [0.05, 0.1) is 36.6 Å². The molecule has 2 heterocycles. The number of rotatable bonds is 4. The van der Waals surface area contributed by atoms with Crippen LogP contribution >= 0.6 is 11.6 Å². The molecule has 0 atom stereocenters. The Kier molecular flexibility index (Phi) is 5.65. The number of nitrogens with one attached hydrogen (secondary N) is 1. The van der Waals surface area contributed by atoms with Gasteiger partial charge in [-0.15, -0.1) is 0 Å². The molecule has 1 aliphatic rings. The van der Waals surface area contributed by atoms with E-state index in [-0.39, 0.29) is 11.6 Å². The Hall–Kier alpha value is -2.71. The van der Waals surface area contributed by atoms with Crippen LogP contribution in [0, 0.1) is 0 Å². The second-order valence-electron chi connectivity index (χ2n) is 5.50. The van der Waals surface area contributed by atoms with E-state index in [9.17, 15) is 9.59 Å². The van der Waals surface area contributed by atoms with Crippen LogP contribution < -0.4 is 5.32 Å². The van der Waals surface area contributed by atoms with Crippen LogP contribution in [0.3, 0.4) is 0 Å². The van der Waals surface area contributed by atoms with Gasteiger partial charge in [-0.1, -0.05) is 11.6 Å². The average Bonchev–Trinajstić information content (AvgIpc) is 2.69. The number of carbonyl (C=O) groups excluding carboxylic acids is 2. The van der Waals surface area contributed by atoms with Crippen molar-refractivity contribution in [3.63, 3.8) is 0 Å². The zero-order valence-electron chi connectivity index (χ0n) is 14.1. The Bertz CT molecular complexity index is 824. The minimum atomic E-state index is -0.476. The number of esters is 1. The lowest BCUT2D eigenvalue weighted by Gasteiger charge is -2.26. The Balaban J connectivity index is 1.80. The maximum atomic E-state index is 12.5. The van der Waals surface area contributed by atoms with Gasteiger partial charge in [0.1, 0.15) is 17.8 Å². The summed E-state index contributed by atoms with van der Waals surface area (Å²) in [5, 5.41) is 3.40. The highest BCUT2D eigenvalue weighted by Crippen LogP contribution is 2.26. The van der Waals surface area contributed by atoms with Gasteiger partial charge >= 0.3 is 5.97 Å². The molecular weight excluding hydrogens is 360 g/mol. The number of hydrogen-bond acceptors (Lipinski definition) is 7. The lowest BCUT2D eigenvalue weighted by Crippen LogP contribution is -2.41. The molecule has 0 unspecified atom stereocenters. The van der Waals surface area contributed by atoms with Crippen LogP contribution in [-0.2, 0) is 9.47 Å². The van der Waals surface area contributed by atoms with Crippen molar-refractivity contribution in [3.8, 4) is 0 Å². The average molecular weight is 377 g/mol. The SMILES string of the molecule is COC(=O)c1ccc(Cl)c(Nc2cc(C(=O)N3CCOCC3)ncn2)c1. The van der Waals surface area contributed by atoms with E-state index in [1.54, 1.807) is 29.2 Å². The highest BCUT2D eigenvalue weighted by atomic mass is 35.5. The summed E-state index contributed by atoms with van der Waals surface area (Å²) in [6, 6.07) is 6.24. The number of nitrogens with zero attached hydrogens (tertiary/aromatic N) is 3. The van der Waals surface area contributed by atoms with E-state index in [4.69, 9.17) is 21.1 Å². The van der Waals surface area contributed by atoms with Crippen LogP contribution in [0.1, 0.15) is 20.8 Å². The summed E-state index contributed by atoms with van der Waals surface area (Å²) < 4.78 is 9.95. The van der Waals surface area contributed by atoms with Gasteiger partial charge in [0.25, 0.3) is 5.91 Å². The minimum Gasteiger partial charge on any atom is -0.465 e. The fourth-order valence-corrected chi connectivity index (χ4v) is 2.64. The molecule has 8 nitrogen and oxygen atoms in total. The number of ether oxygens (including phenoxy) is 2. The smallest absolute Gasteiger partial charge is 0.337 e. The Morgan fingerprint density at radius 2 is 2.00 bits per heavy atom. The van der Waals surface area contributed by atoms with E-state index in [0.29, 0.717) is 48.4 Å². The van der Waals surface area contributed by atoms with Gasteiger partial charge in [-0.3, -0.25) is 4.79 Å². The van der Waals surface area contributed by atoms with Gasteiger partial charge in [-0.25, -0.2) is 14.8 Å². The summed E-state index contributed by atoms with van der Waals surface area (Å²) in [5.41, 5.74) is 1.08. The van der Waals surface area contributed by atoms with Gasteiger partial charge in [-0.05, 0) is 18.2 Å². The molecule has 1 aromatic heterocycles. The number of amides is 1. The van der Waals surface area contributed by atoms with Crippen molar-refractivity contribution in [2.75, 3.05) is 38.7 Å². The summed E-state index contributed by atoms with van der Waals surface area (Å²) in [6.07, 6.45) is 1.30. The maximum Gasteiger partial charge on any atom is 0.337 e. The van der Waals surface area contributed by atoms with Crippen molar-refractivity contribution in [2.24, 2.45) is 0 Å². The summed E-state index contributed by atoms with van der Waals surface area (Å²) in [4.78, 5) is 34.0. The first-order chi connectivity index (χ1) is 12.6. The molecular formula is C17H17ClN4O4. The third kappa shape index (κ3) is 4.09. The van der Waals surface area contributed by atoms with Crippen molar-refractivity contribution in [1.82, 2.24) is 14.9 Å². The maximum absolute atomic E-state index is 12.5. The third-order valence-electron chi connectivity index (χ3n) is 3.83. The lowest BCUT2D eigenvalue weighted by molar-refractivity contribution is 0.0299. The number of hydrogen-bond donors (Lipinski definition) is 1. The Morgan fingerprint density at radius 1 is 1.23 bits per heavy atom. The number of aromatic nitrogens is 2. The highest BCUT2D eigenvalue weighted by Gasteiger charge is 2.20. The molecule has 1 aromatic carbocycles. The largest absolute Gasteiger partial charge is 0.465 e. The molecule has 1 fully saturated rings. The zero-order chi connectivity index (χ0) is 18.5. The van der Waals surface area contributed by atoms with Crippen LogP contribution in [0.15, 0.2) is 30.6 Å². The molecule has 0 aliphatic carbocycles. The second kappa shape index (κ2) is 8.11. The molecule has 0 spiro atoms. The van der Waals surface area contributed by atoms with Crippen molar-refractivity contribution in [3.05, 3.63) is 46.9 Å². The van der Waals surface area contributed by atoms with E-state index >= 15 is 0 Å². The predicted octanol–water partition coefficient (Wildman–Crippen LogP) is 2.13. The summed E-state index contributed by atoms with van der Waals surface area (Å²) in [6.45, 7) is 2.08. The number of halogens is 1. The zero-order valence-corrected chi connectivity index (χ0v) is 14.8. The van der Waals surface area contributed by atoms with Crippen LogP contribution in [-0.4, -0.2) is 60.2 Å². The number of anilines is 2. The van der Waals surface area contributed by atoms with Gasteiger partial charge in [-0.2, -0.15) is 0 Å². The van der Waals surface area contributed by atoms with Crippen LogP contribution in [0.4, 0.5) is 11.5 Å². The van der Waals surface area contributed by atoms with Crippen LogP contribution in [0.25, 0.3) is 0 Å². The summed E-state index contributed by atoms with van der Waals surface area (Å²) >= 11 is 6.17.